The molecule has 12 nitrogen and oxygen atoms in total. The maximum absolute atomic E-state index is 13.1. The Labute approximate surface area is 241 Å². The van der Waals surface area contributed by atoms with E-state index in [1.54, 1.807) is 37.3 Å². The first-order valence-corrected chi connectivity index (χ1v) is 13.5. The van der Waals surface area contributed by atoms with Crippen molar-refractivity contribution in [3.63, 3.8) is 0 Å². The van der Waals surface area contributed by atoms with Crippen LogP contribution in [0.25, 0.3) is 0 Å². The first-order chi connectivity index (χ1) is 17.5. The first kappa shape index (κ1) is 29.4. The standard InChI is InChI=1S/C23H21N5O7S2.Na/c1-15-22(25-24-20-14-19(37(32,33)34)11-12-21(20)35-2)23(29)28(26-15)17-8-6-7-16(13-17)27-36(30,31)18-9-4-3-5-10-18;/h3-14,22,27H,1-2H3,(H,32,33,34);/q;+1/p-1. The predicted octanol–water partition coefficient (Wildman–Crippen LogP) is 0.279. The Morgan fingerprint density at radius 3 is 2.34 bits per heavy atom. The van der Waals surface area contributed by atoms with Crippen LogP contribution in [0.1, 0.15) is 6.92 Å². The van der Waals surface area contributed by atoms with Gasteiger partial charge in [-0.25, -0.2) is 16.8 Å². The Bertz CT molecular complexity index is 1630. The van der Waals surface area contributed by atoms with Gasteiger partial charge in [-0.2, -0.15) is 20.3 Å². The number of carbonyl (C=O) groups excluding carboxylic acids is 1. The van der Waals surface area contributed by atoms with E-state index in [0.29, 0.717) is 0 Å². The molecule has 1 aliphatic heterocycles. The molecule has 0 saturated carbocycles. The molecule has 1 N–H and O–H groups in total. The Hall–Kier alpha value is -3.14. The summed E-state index contributed by atoms with van der Waals surface area (Å²) in [7, 11) is -7.26. The number of benzene rings is 3. The average molecular weight is 566 g/mol. The van der Waals surface area contributed by atoms with Gasteiger partial charge >= 0.3 is 29.6 Å². The number of ether oxygens (including phenoxy) is 1. The number of nitrogens with one attached hydrogen (secondary N) is 1. The molecule has 0 spiro atoms. The molecule has 0 bridgehead atoms. The molecule has 4 rings (SSSR count). The minimum atomic E-state index is -4.74. The molecule has 0 aromatic heterocycles. The fourth-order valence-electron chi connectivity index (χ4n) is 3.41. The molecule has 15 heteroatoms. The van der Waals surface area contributed by atoms with Crippen LogP contribution in [0.3, 0.4) is 0 Å². The zero-order chi connectivity index (χ0) is 26.8. The van der Waals surface area contributed by atoms with Crippen molar-refractivity contribution in [2.75, 3.05) is 16.8 Å². The fourth-order valence-corrected chi connectivity index (χ4v) is 4.97. The summed E-state index contributed by atoms with van der Waals surface area (Å²) >= 11 is 0. The number of rotatable bonds is 8. The zero-order valence-corrected chi connectivity index (χ0v) is 24.1. The average Bonchev–Trinajstić information content (AvgIpc) is 3.15. The molecule has 3 aromatic carbocycles. The van der Waals surface area contributed by atoms with E-state index in [1.165, 1.54) is 37.4 Å². The van der Waals surface area contributed by atoms with Gasteiger partial charge in [0.05, 0.1) is 34.0 Å². The first-order valence-electron chi connectivity index (χ1n) is 10.6. The van der Waals surface area contributed by atoms with Gasteiger partial charge in [-0.05, 0) is 55.5 Å². The minimum absolute atomic E-state index is 0. The van der Waals surface area contributed by atoms with Crippen molar-refractivity contribution < 1.29 is 60.5 Å². The molecular weight excluding hydrogens is 545 g/mol. The van der Waals surface area contributed by atoms with Gasteiger partial charge in [0, 0.05) is 0 Å². The van der Waals surface area contributed by atoms with Crippen LogP contribution in [0.2, 0.25) is 0 Å². The minimum Gasteiger partial charge on any atom is -0.744 e. The molecule has 38 heavy (non-hydrogen) atoms. The summed E-state index contributed by atoms with van der Waals surface area (Å²) in [6.45, 7) is 1.55. The van der Waals surface area contributed by atoms with Gasteiger partial charge in [0.25, 0.3) is 15.9 Å². The van der Waals surface area contributed by atoms with Crippen LogP contribution in [0, 0.1) is 0 Å². The van der Waals surface area contributed by atoms with Gasteiger partial charge in [-0.3, -0.25) is 9.52 Å². The SMILES string of the molecule is COc1ccc(S(=O)(=O)[O-])cc1N=NC1C(=O)N(c2cccc(NS(=O)(=O)c3ccccc3)c2)N=C1C.[Na+]. The second-order valence-electron chi connectivity index (χ2n) is 7.77. The van der Waals surface area contributed by atoms with Gasteiger partial charge in [0.15, 0.2) is 6.04 Å². The number of anilines is 2. The van der Waals surface area contributed by atoms with Gasteiger partial charge in [-0.1, -0.05) is 24.3 Å². The zero-order valence-electron chi connectivity index (χ0n) is 20.5. The number of carbonyl (C=O) groups is 1. The van der Waals surface area contributed by atoms with Gasteiger partial charge < -0.3 is 9.29 Å². The van der Waals surface area contributed by atoms with Crippen molar-refractivity contribution in [2.24, 2.45) is 15.3 Å². The van der Waals surface area contributed by atoms with Crippen molar-refractivity contribution in [3.8, 4) is 5.75 Å². The summed E-state index contributed by atoms with van der Waals surface area (Å²) in [4.78, 5) is 12.6. The van der Waals surface area contributed by atoms with Gasteiger partial charge in [0.2, 0.25) is 0 Å². The predicted molar refractivity (Wildman–Crippen MR) is 134 cm³/mol. The number of sulfonamides is 1. The van der Waals surface area contributed by atoms with Crippen LogP contribution < -0.4 is 44.0 Å². The van der Waals surface area contributed by atoms with Crippen LogP contribution >= 0.6 is 0 Å². The third-order valence-electron chi connectivity index (χ3n) is 5.21. The van der Waals surface area contributed by atoms with E-state index >= 15 is 0 Å². The van der Waals surface area contributed by atoms with Crippen LogP contribution in [-0.2, 0) is 24.9 Å². The van der Waals surface area contributed by atoms with E-state index < -0.39 is 37.0 Å². The number of hydrazone groups is 1. The Morgan fingerprint density at radius 2 is 1.68 bits per heavy atom. The largest absolute Gasteiger partial charge is 1.00 e. The van der Waals surface area contributed by atoms with Crippen molar-refractivity contribution in [3.05, 3.63) is 72.8 Å². The van der Waals surface area contributed by atoms with Gasteiger partial charge in [-0.15, -0.1) is 0 Å². The van der Waals surface area contributed by atoms with E-state index in [-0.39, 0.29) is 63.0 Å². The van der Waals surface area contributed by atoms with E-state index in [1.807, 2.05) is 0 Å². The summed E-state index contributed by atoms with van der Waals surface area (Å²) in [5.41, 5.74) is 0.728. The fraction of sp³-hybridized carbons (Fsp3) is 0.130. The van der Waals surface area contributed by atoms with Crippen molar-refractivity contribution in [2.45, 2.75) is 22.8 Å². The van der Waals surface area contributed by atoms with Crippen molar-refractivity contribution in [1.82, 2.24) is 0 Å². The van der Waals surface area contributed by atoms with E-state index in [4.69, 9.17) is 4.74 Å². The van der Waals surface area contributed by atoms with E-state index in [9.17, 15) is 26.2 Å². The van der Waals surface area contributed by atoms with Crippen LogP contribution in [0.5, 0.6) is 5.75 Å². The monoisotopic (exact) mass is 565 g/mol. The van der Waals surface area contributed by atoms with Crippen LogP contribution in [0.15, 0.2) is 97.9 Å². The number of methoxy groups -OCH3 is 1. The number of hydrogen-bond acceptors (Lipinski definition) is 10. The summed E-state index contributed by atoms with van der Waals surface area (Å²) < 4.78 is 66.9. The molecule has 3 aromatic rings. The quantitative estimate of drug-likeness (QED) is 0.232. The molecule has 1 aliphatic rings. The maximum atomic E-state index is 13.1. The number of nitrogens with zero attached hydrogens (tertiary/aromatic N) is 4. The molecular formula is C23H20N5NaO7S2. The normalized spacial score (nSPS) is 15.8. The number of amides is 1. The smallest absolute Gasteiger partial charge is 0.744 e. The molecule has 0 aliphatic carbocycles. The van der Waals surface area contributed by atoms with Gasteiger partial charge in [0.1, 0.15) is 21.6 Å². The van der Waals surface area contributed by atoms with Crippen molar-refractivity contribution in [1.29, 1.82) is 0 Å². The Morgan fingerprint density at radius 1 is 0.974 bits per heavy atom. The molecule has 1 unspecified atom stereocenters. The number of azo groups is 1. The van der Waals surface area contributed by atoms with E-state index in [2.05, 4.69) is 20.1 Å². The molecule has 0 radical (unpaired) electrons. The third kappa shape index (κ3) is 6.46. The molecule has 192 valence electrons. The molecule has 1 amide bonds. The second-order valence-corrected chi connectivity index (χ2v) is 10.8. The summed E-state index contributed by atoms with van der Waals surface area (Å²) in [6, 6.07) is 16.1. The summed E-state index contributed by atoms with van der Waals surface area (Å²) in [5, 5.41) is 13.2. The molecule has 1 heterocycles. The summed E-state index contributed by atoms with van der Waals surface area (Å²) in [5.74, 6) is -0.428. The maximum Gasteiger partial charge on any atom is 1.00 e. The third-order valence-corrected chi connectivity index (χ3v) is 7.44. The summed E-state index contributed by atoms with van der Waals surface area (Å²) in [6.07, 6.45) is 0. The topological polar surface area (TPSA) is 170 Å². The molecule has 1 atom stereocenters. The Kier molecular flexibility index (Phi) is 9.07. The van der Waals surface area contributed by atoms with Crippen LogP contribution in [-0.4, -0.2) is 46.2 Å². The number of hydrogen-bond donors (Lipinski definition) is 1. The Balaban J connectivity index is 0.00000400. The molecule has 0 fully saturated rings. The second kappa shape index (κ2) is 11.7. The van der Waals surface area contributed by atoms with Crippen LogP contribution in [0.4, 0.5) is 17.1 Å². The van der Waals surface area contributed by atoms with Crippen molar-refractivity contribution >= 4 is 48.8 Å². The van der Waals surface area contributed by atoms with E-state index in [0.717, 1.165) is 17.1 Å². The molecule has 0 saturated heterocycles.